The first kappa shape index (κ1) is 43.3. The maximum atomic E-state index is 13.4. The van der Waals surface area contributed by atoms with Crippen molar-refractivity contribution >= 4 is 35.8 Å². The monoisotopic (exact) mass is 836 g/mol. The van der Waals surface area contributed by atoms with Crippen molar-refractivity contribution in [1.82, 2.24) is 0 Å². The standard InChI is InChI=1S/C45H40O16/c1-8-38(46)58-32-15-10-26(16-24(32)4)42(48)56-27-11-13-29(34(19-27)52-6)43(49)60-36-21-54-41-37(22-55-40(36)41)61-44(50)30-14-12-28(20-35(30)53-7)57-45(51)31-17-25(5)33(18-23(31)3)59-39(47)9-2/h8-20,36-37,40-41H,1-2,21-22H2,3-7H3/t36-,37-,40-,41-/m1/s1. The number of benzene rings is 4. The van der Waals surface area contributed by atoms with Crippen molar-refractivity contribution < 1.29 is 76.1 Å². The Hall–Kier alpha value is -7.30. The van der Waals surface area contributed by atoms with Gasteiger partial charge in [0.2, 0.25) is 0 Å². The summed E-state index contributed by atoms with van der Waals surface area (Å²) < 4.78 is 55.5. The van der Waals surface area contributed by atoms with Crippen LogP contribution in [0.5, 0.6) is 34.5 Å². The number of hydrogen-bond acceptors (Lipinski definition) is 16. The molecule has 316 valence electrons. The summed E-state index contributed by atoms with van der Waals surface area (Å²) in [6.07, 6.45) is -1.20. The minimum absolute atomic E-state index is 0.0341. The normalized spacial score (nSPS) is 17.5. The number of carbonyl (C=O) groups is 6. The zero-order chi connectivity index (χ0) is 44.0. The molecule has 2 aliphatic rings. The van der Waals surface area contributed by atoms with Crippen molar-refractivity contribution in [1.29, 1.82) is 0 Å². The number of hydrogen-bond donors (Lipinski definition) is 0. The van der Waals surface area contributed by atoms with E-state index in [1.54, 1.807) is 26.8 Å². The summed E-state index contributed by atoms with van der Waals surface area (Å²) in [5.74, 6) is -3.36. The van der Waals surface area contributed by atoms with Gasteiger partial charge in [-0.05, 0) is 92.1 Å². The highest BCUT2D eigenvalue weighted by molar-refractivity contribution is 5.96. The summed E-state index contributed by atoms with van der Waals surface area (Å²) in [6.45, 7) is 11.6. The van der Waals surface area contributed by atoms with Gasteiger partial charge in [-0.25, -0.2) is 28.8 Å². The molecule has 0 unspecified atom stereocenters. The molecule has 0 aliphatic carbocycles. The van der Waals surface area contributed by atoms with E-state index >= 15 is 0 Å². The second-order valence-corrected chi connectivity index (χ2v) is 13.6. The summed E-state index contributed by atoms with van der Waals surface area (Å²) >= 11 is 0. The fraction of sp³-hybridized carbons (Fsp3) is 0.244. The van der Waals surface area contributed by atoms with E-state index in [0.29, 0.717) is 16.7 Å². The molecule has 61 heavy (non-hydrogen) atoms. The third kappa shape index (κ3) is 9.78. The van der Waals surface area contributed by atoms with Gasteiger partial charge in [0.05, 0.1) is 38.6 Å². The van der Waals surface area contributed by atoms with Crippen LogP contribution < -0.4 is 28.4 Å². The van der Waals surface area contributed by atoms with Crippen molar-refractivity contribution in [2.45, 2.75) is 45.2 Å². The van der Waals surface area contributed by atoms with Crippen LogP contribution in [0.4, 0.5) is 0 Å². The summed E-state index contributed by atoms with van der Waals surface area (Å²) in [7, 11) is 2.67. The molecule has 4 aromatic carbocycles. The van der Waals surface area contributed by atoms with Gasteiger partial charge in [-0.1, -0.05) is 13.2 Å². The Labute approximate surface area is 349 Å². The predicted molar refractivity (Wildman–Crippen MR) is 213 cm³/mol. The van der Waals surface area contributed by atoms with E-state index in [1.165, 1.54) is 74.9 Å². The van der Waals surface area contributed by atoms with Crippen molar-refractivity contribution in [2.24, 2.45) is 0 Å². The minimum Gasteiger partial charge on any atom is -0.496 e. The Balaban J connectivity index is 1.04. The molecule has 0 bridgehead atoms. The maximum absolute atomic E-state index is 13.4. The van der Waals surface area contributed by atoms with Gasteiger partial charge in [-0.2, -0.15) is 0 Å². The van der Waals surface area contributed by atoms with Gasteiger partial charge in [-0.3, -0.25) is 0 Å². The van der Waals surface area contributed by atoms with Crippen LogP contribution in [-0.2, 0) is 28.5 Å². The molecule has 0 aromatic heterocycles. The Morgan fingerprint density at radius 2 is 1.02 bits per heavy atom. The number of aryl methyl sites for hydroxylation is 3. The van der Waals surface area contributed by atoms with Crippen LogP contribution in [-0.4, -0.2) is 87.7 Å². The van der Waals surface area contributed by atoms with Crippen LogP contribution in [0.2, 0.25) is 0 Å². The lowest BCUT2D eigenvalue weighted by molar-refractivity contribution is -0.129. The number of rotatable bonds is 14. The highest BCUT2D eigenvalue weighted by Crippen LogP contribution is 2.35. The molecule has 16 nitrogen and oxygen atoms in total. The zero-order valence-electron chi connectivity index (χ0n) is 33.7. The quantitative estimate of drug-likeness (QED) is 0.0839. The van der Waals surface area contributed by atoms with Gasteiger partial charge in [0.1, 0.15) is 57.8 Å². The smallest absolute Gasteiger partial charge is 0.343 e. The molecular weight excluding hydrogens is 796 g/mol. The lowest BCUT2D eigenvalue weighted by Crippen LogP contribution is -2.36. The molecule has 4 aromatic rings. The molecule has 0 spiro atoms. The lowest BCUT2D eigenvalue weighted by Gasteiger charge is -2.18. The number of methoxy groups -OCH3 is 2. The van der Waals surface area contributed by atoms with Crippen LogP contribution in [0, 0.1) is 20.8 Å². The highest BCUT2D eigenvalue weighted by atomic mass is 16.7. The molecule has 2 fully saturated rings. The van der Waals surface area contributed by atoms with Crippen LogP contribution in [0.25, 0.3) is 0 Å². The molecular formula is C45H40O16. The van der Waals surface area contributed by atoms with E-state index < -0.39 is 60.2 Å². The average molecular weight is 837 g/mol. The first-order valence-corrected chi connectivity index (χ1v) is 18.6. The third-order valence-electron chi connectivity index (χ3n) is 9.59. The van der Waals surface area contributed by atoms with Crippen LogP contribution in [0.3, 0.4) is 0 Å². The largest absolute Gasteiger partial charge is 0.496 e. The van der Waals surface area contributed by atoms with Crippen molar-refractivity contribution in [3.8, 4) is 34.5 Å². The molecule has 0 saturated carbocycles. The van der Waals surface area contributed by atoms with E-state index in [4.69, 9.17) is 47.4 Å². The van der Waals surface area contributed by atoms with Crippen molar-refractivity contribution in [3.63, 3.8) is 0 Å². The summed E-state index contributed by atoms with van der Waals surface area (Å²) in [4.78, 5) is 76.0. The topological polar surface area (TPSA) is 195 Å². The molecule has 4 atom stereocenters. The molecule has 16 heteroatoms. The van der Waals surface area contributed by atoms with Crippen LogP contribution >= 0.6 is 0 Å². The van der Waals surface area contributed by atoms with Gasteiger partial charge in [0.15, 0.2) is 12.2 Å². The number of ether oxygens (including phenoxy) is 10. The number of carbonyl (C=O) groups excluding carboxylic acids is 6. The third-order valence-corrected chi connectivity index (χ3v) is 9.59. The van der Waals surface area contributed by atoms with E-state index in [1.807, 2.05) is 0 Å². The van der Waals surface area contributed by atoms with E-state index in [9.17, 15) is 28.8 Å². The van der Waals surface area contributed by atoms with Crippen molar-refractivity contribution in [3.05, 3.63) is 131 Å². The Bertz CT molecular complexity index is 2430. The Morgan fingerprint density at radius 3 is 1.51 bits per heavy atom. The lowest BCUT2D eigenvalue weighted by atomic mass is 10.0. The molecule has 0 N–H and O–H groups in total. The van der Waals surface area contributed by atoms with Gasteiger partial charge in [-0.15, -0.1) is 0 Å². The fourth-order valence-electron chi connectivity index (χ4n) is 6.48. The summed E-state index contributed by atoms with van der Waals surface area (Å²) in [5, 5.41) is 0. The molecule has 6 rings (SSSR count). The van der Waals surface area contributed by atoms with Crippen molar-refractivity contribution in [2.75, 3.05) is 27.4 Å². The van der Waals surface area contributed by atoms with Gasteiger partial charge < -0.3 is 47.4 Å². The van der Waals surface area contributed by atoms with E-state index in [-0.39, 0.29) is 70.0 Å². The molecule has 2 saturated heterocycles. The Kier molecular flexibility index (Phi) is 13.3. The Morgan fingerprint density at radius 1 is 0.525 bits per heavy atom. The zero-order valence-corrected chi connectivity index (χ0v) is 33.7. The van der Waals surface area contributed by atoms with E-state index in [0.717, 1.165) is 12.2 Å². The van der Waals surface area contributed by atoms with Crippen LogP contribution in [0.1, 0.15) is 58.1 Å². The molecule has 2 aliphatic heterocycles. The summed E-state index contributed by atoms with van der Waals surface area (Å²) in [5.41, 5.74) is 2.03. The average Bonchev–Trinajstić information content (AvgIpc) is 3.84. The van der Waals surface area contributed by atoms with Gasteiger partial charge >= 0.3 is 35.8 Å². The van der Waals surface area contributed by atoms with E-state index in [2.05, 4.69) is 13.2 Å². The van der Waals surface area contributed by atoms with Gasteiger partial charge in [0, 0.05) is 24.3 Å². The first-order valence-electron chi connectivity index (χ1n) is 18.6. The number of esters is 6. The maximum Gasteiger partial charge on any atom is 0.343 e. The molecule has 2 heterocycles. The highest BCUT2D eigenvalue weighted by Gasteiger charge is 2.51. The fourth-order valence-corrected chi connectivity index (χ4v) is 6.48. The molecule has 0 amide bonds. The van der Waals surface area contributed by atoms with Gasteiger partial charge in [0.25, 0.3) is 0 Å². The second-order valence-electron chi connectivity index (χ2n) is 13.6. The minimum atomic E-state index is -0.867. The van der Waals surface area contributed by atoms with Crippen LogP contribution in [0.15, 0.2) is 92.0 Å². The first-order chi connectivity index (χ1) is 29.2. The predicted octanol–water partition coefficient (Wildman–Crippen LogP) is 5.80. The summed E-state index contributed by atoms with van der Waals surface area (Å²) in [6, 6.07) is 15.8. The molecule has 0 radical (unpaired) electrons. The SMILES string of the molecule is C=CC(=O)Oc1ccc(C(=O)Oc2ccc(C(=O)O[C@@H]3CO[C@H]4[C@@H]3OC[C@H]4OC(=O)c3ccc(OC(=O)c4cc(C)c(OC(=O)C=C)cc4C)cc3OC)c(OC)c2)cc1C. The second kappa shape index (κ2) is 18.7. The number of fused-ring (bicyclic) bond motifs is 1.